The monoisotopic (exact) mass is 208 g/mol. The van der Waals surface area contributed by atoms with Crippen LogP contribution >= 0.6 is 0 Å². The van der Waals surface area contributed by atoms with Crippen molar-refractivity contribution >= 4 is 5.69 Å². The van der Waals surface area contributed by atoms with Gasteiger partial charge in [-0.15, -0.1) is 0 Å². The lowest BCUT2D eigenvalue weighted by Crippen LogP contribution is -2.21. The molecule has 84 valence electrons. The normalized spacial score (nSPS) is 12.5. The van der Waals surface area contributed by atoms with Crippen LogP contribution in [0.15, 0.2) is 24.3 Å². The van der Waals surface area contributed by atoms with Crippen LogP contribution < -0.4 is 10.6 Å². The van der Waals surface area contributed by atoms with Gasteiger partial charge < -0.3 is 15.7 Å². The maximum Gasteiger partial charge on any atom is 0.0528 e. The Hall–Kier alpha value is -1.06. The van der Waals surface area contributed by atoms with Crippen molar-refractivity contribution in [2.24, 2.45) is 5.73 Å². The van der Waals surface area contributed by atoms with E-state index in [0.29, 0.717) is 6.54 Å². The lowest BCUT2D eigenvalue weighted by Gasteiger charge is -2.20. The Morgan fingerprint density at radius 2 is 1.93 bits per heavy atom. The van der Waals surface area contributed by atoms with E-state index in [9.17, 15) is 5.11 Å². The number of anilines is 1. The molecule has 1 atom stereocenters. The van der Waals surface area contributed by atoms with E-state index in [1.165, 1.54) is 0 Å². The molecular weight excluding hydrogens is 188 g/mol. The average Bonchev–Trinajstić information content (AvgIpc) is 2.26. The van der Waals surface area contributed by atoms with Crippen molar-refractivity contribution in [3.8, 4) is 0 Å². The topological polar surface area (TPSA) is 49.5 Å². The number of nitrogens with two attached hydrogens (primary N) is 1. The van der Waals surface area contributed by atoms with Crippen molar-refractivity contribution in [2.75, 3.05) is 18.5 Å². The molecule has 0 saturated carbocycles. The standard InChI is InChI=1S/C12H20N2O/c1-10(15)7-8-14(2)12-5-3-11(9-13)4-6-12/h3-6,10,15H,7-9,13H2,1-2H3. The SMILES string of the molecule is CC(O)CCN(C)c1ccc(CN)cc1. The summed E-state index contributed by atoms with van der Waals surface area (Å²) in [5.41, 5.74) is 7.83. The minimum atomic E-state index is -0.240. The van der Waals surface area contributed by atoms with Gasteiger partial charge in [0, 0.05) is 25.8 Å². The molecule has 0 spiro atoms. The third kappa shape index (κ3) is 3.90. The first-order chi connectivity index (χ1) is 7.13. The Kier molecular flexibility index (Phi) is 4.59. The summed E-state index contributed by atoms with van der Waals surface area (Å²) >= 11 is 0. The minimum absolute atomic E-state index is 0.240. The third-order valence-electron chi connectivity index (χ3n) is 2.50. The van der Waals surface area contributed by atoms with Gasteiger partial charge in [0.25, 0.3) is 0 Å². The summed E-state index contributed by atoms with van der Waals surface area (Å²) in [6, 6.07) is 8.19. The number of rotatable bonds is 5. The second-order valence-corrected chi connectivity index (χ2v) is 3.93. The summed E-state index contributed by atoms with van der Waals surface area (Å²) in [5, 5.41) is 9.19. The lowest BCUT2D eigenvalue weighted by molar-refractivity contribution is 0.187. The van der Waals surface area contributed by atoms with Crippen LogP contribution in [0.2, 0.25) is 0 Å². The highest BCUT2D eigenvalue weighted by Crippen LogP contribution is 2.14. The van der Waals surface area contributed by atoms with Crippen LogP contribution in [0.4, 0.5) is 5.69 Å². The van der Waals surface area contributed by atoms with Crippen molar-refractivity contribution in [3.05, 3.63) is 29.8 Å². The van der Waals surface area contributed by atoms with Gasteiger partial charge >= 0.3 is 0 Å². The van der Waals surface area contributed by atoms with Gasteiger partial charge in [0.2, 0.25) is 0 Å². The zero-order valence-electron chi connectivity index (χ0n) is 9.48. The predicted molar refractivity (Wildman–Crippen MR) is 63.9 cm³/mol. The van der Waals surface area contributed by atoms with Crippen molar-refractivity contribution in [3.63, 3.8) is 0 Å². The van der Waals surface area contributed by atoms with Gasteiger partial charge in [0.15, 0.2) is 0 Å². The highest BCUT2D eigenvalue weighted by molar-refractivity contribution is 5.46. The molecular formula is C12H20N2O. The molecule has 0 heterocycles. The van der Waals surface area contributed by atoms with Gasteiger partial charge in [-0.25, -0.2) is 0 Å². The molecule has 0 radical (unpaired) electrons. The van der Waals surface area contributed by atoms with Crippen LogP contribution in [0.3, 0.4) is 0 Å². The van der Waals surface area contributed by atoms with Crippen molar-refractivity contribution in [2.45, 2.75) is 26.0 Å². The van der Waals surface area contributed by atoms with Crippen LogP contribution in [-0.2, 0) is 6.54 Å². The molecule has 1 aromatic carbocycles. The van der Waals surface area contributed by atoms with E-state index < -0.39 is 0 Å². The van der Waals surface area contributed by atoms with Crippen molar-refractivity contribution in [1.29, 1.82) is 0 Å². The molecule has 0 aliphatic carbocycles. The van der Waals surface area contributed by atoms with E-state index in [1.54, 1.807) is 0 Å². The fourth-order valence-electron chi connectivity index (χ4n) is 1.40. The maximum absolute atomic E-state index is 9.19. The minimum Gasteiger partial charge on any atom is -0.393 e. The van der Waals surface area contributed by atoms with E-state index in [-0.39, 0.29) is 6.10 Å². The zero-order chi connectivity index (χ0) is 11.3. The molecule has 3 nitrogen and oxygen atoms in total. The molecule has 0 saturated heterocycles. The molecule has 1 rings (SSSR count). The van der Waals surface area contributed by atoms with E-state index in [2.05, 4.69) is 17.0 Å². The van der Waals surface area contributed by atoms with Crippen LogP contribution in [0.25, 0.3) is 0 Å². The highest BCUT2D eigenvalue weighted by atomic mass is 16.3. The number of hydrogen-bond acceptors (Lipinski definition) is 3. The molecule has 1 aromatic rings. The van der Waals surface area contributed by atoms with Crippen LogP contribution in [0.5, 0.6) is 0 Å². The molecule has 15 heavy (non-hydrogen) atoms. The Morgan fingerprint density at radius 3 is 2.40 bits per heavy atom. The summed E-state index contributed by atoms with van der Waals surface area (Å²) in [6.07, 6.45) is 0.547. The molecule has 0 amide bonds. The summed E-state index contributed by atoms with van der Waals surface area (Å²) < 4.78 is 0. The molecule has 0 aliphatic rings. The van der Waals surface area contributed by atoms with Gasteiger partial charge in [0.1, 0.15) is 0 Å². The Bertz CT molecular complexity index is 282. The first kappa shape index (κ1) is 12.0. The largest absolute Gasteiger partial charge is 0.393 e. The third-order valence-corrected chi connectivity index (χ3v) is 2.50. The fraction of sp³-hybridized carbons (Fsp3) is 0.500. The first-order valence-electron chi connectivity index (χ1n) is 5.31. The molecule has 3 heteroatoms. The number of nitrogens with zero attached hydrogens (tertiary/aromatic N) is 1. The molecule has 1 unspecified atom stereocenters. The van der Waals surface area contributed by atoms with E-state index in [0.717, 1.165) is 24.2 Å². The molecule has 0 bridgehead atoms. The summed E-state index contributed by atoms with van der Waals surface area (Å²) in [7, 11) is 2.03. The Labute approximate surface area is 91.5 Å². The highest BCUT2D eigenvalue weighted by Gasteiger charge is 2.02. The maximum atomic E-state index is 9.19. The number of aliphatic hydroxyl groups is 1. The number of benzene rings is 1. The van der Waals surface area contributed by atoms with Crippen LogP contribution in [-0.4, -0.2) is 24.8 Å². The molecule has 0 aliphatic heterocycles. The predicted octanol–water partition coefficient (Wildman–Crippen LogP) is 1.35. The van der Waals surface area contributed by atoms with Gasteiger partial charge in [0.05, 0.1) is 6.10 Å². The Balaban J connectivity index is 2.54. The number of hydrogen-bond donors (Lipinski definition) is 2. The molecule has 0 fully saturated rings. The Morgan fingerprint density at radius 1 is 1.33 bits per heavy atom. The van der Waals surface area contributed by atoms with E-state index in [4.69, 9.17) is 5.73 Å². The second-order valence-electron chi connectivity index (χ2n) is 3.93. The lowest BCUT2D eigenvalue weighted by atomic mass is 10.2. The smallest absolute Gasteiger partial charge is 0.0528 e. The van der Waals surface area contributed by atoms with Gasteiger partial charge in [-0.05, 0) is 31.0 Å². The molecule has 3 N–H and O–H groups in total. The number of aliphatic hydroxyl groups excluding tert-OH is 1. The van der Waals surface area contributed by atoms with Crippen LogP contribution in [0.1, 0.15) is 18.9 Å². The zero-order valence-corrected chi connectivity index (χ0v) is 9.48. The summed E-state index contributed by atoms with van der Waals surface area (Å²) in [5.74, 6) is 0. The summed E-state index contributed by atoms with van der Waals surface area (Å²) in [4.78, 5) is 2.13. The first-order valence-corrected chi connectivity index (χ1v) is 5.31. The van der Waals surface area contributed by atoms with Gasteiger partial charge in [-0.2, -0.15) is 0 Å². The fourth-order valence-corrected chi connectivity index (χ4v) is 1.40. The van der Waals surface area contributed by atoms with Gasteiger partial charge in [-0.1, -0.05) is 12.1 Å². The quantitative estimate of drug-likeness (QED) is 0.768. The van der Waals surface area contributed by atoms with Crippen molar-refractivity contribution in [1.82, 2.24) is 0 Å². The molecule has 0 aromatic heterocycles. The van der Waals surface area contributed by atoms with E-state index >= 15 is 0 Å². The van der Waals surface area contributed by atoms with Crippen LogP contribution in [0, 0.1) is 0 Å². The van der Waals surface area contributed by atoms with Crippen molar-refractivity contribution < 1.29 is 5.11 Å². The van der Waals surface area contributed by atoms with Gasteiger partial charge in [-0.3, -0.25) is 0 Å². The van der Waals surface area contributed by atoms with E-state index in [1.807, 2.05) is 26.1 Å². The summed E-state index contributed by atoms with van der Waals surface area (Å²) in [6.45, 7) is 3.25. The average molecular weight is 208 g/mol. The second kappa shape index (κ2) is 5.73.